The fraction of sp³-hybridized carbons (Fsp3) is 0. The average Bonchev–Trinajstić information content (AvgIpc) is 2.48. The highest BCUT2D eigenvalue weighted by Crippen LogP contribution is 2.33. The lowest BCUT2D eigenvalue weighted by atomic mass is 10.2. The summed E-state index contributed by atoms with van der Waals surface area (Å²) in [5.74, 6) is 0. The molecule has 0 bridgehead atoms. The highest BCUT2D eigenvalue weighted by Gasteiger charge is 2.06. The van der Waals surface area contributed by atoms with Crippen LogP contribution in [0.5, 0.6) is 0 Å². The van der Waals surface area contributed by atoms with Crippen molar-refractivity contribution in [1.29, 1.82) is 0 Å². The van der Waals surface area contributed by atoms with Crippen LogP contribution < -0.4 is 0 Å². The van der Waals surface area contributed by atoms with E-state index in [-0.39, 0.29) is 0 Å². The van der Waals surface area contributed by atoms with Gasteiger partial charge in [0.1, 0.15) is 6.29 Å². The molecule has 0 amide bonds. The summed E-state index contributed by atoms with van der Waals surface area (Å²) in [5.41, 5.74) is 0.720. The molecule has 1 aromatic heterocycles. The second kappa shape index (κ2) is 3.67. The molecule has 0 radical (unpaired) electrons. The Hall–Kier alpha value is 0.0600. The normalized spacial score (nSPS) is 10.6. The van der Waals surface area contributed by atoms with E-state index in [2.05, 4.69) is 43.9 Å². The predicted octanol–water partition coefficient (Wildman–Crippen LogP) is 4.08. The van der Waals surface area contributed by atoms with Gasteiger partial charge in [-0.3, -0.25) is 4.79 Å². The van der Waals surface area contributed by atoms with Crippen molar-refractivity contribution < 1.29 is 4.79 Å². The molecule has 0 aliphatic rings. The van der Waals surface area contributed by atoms with Crippen LogP contribution in [0.25, 0.3) is 10.1 Å². The predicted molar refractivity (Wildman–Crippen MR) is 67.6 cm³/mol. The van der Waals surface area contributed by atoms with Crippen molar-refractivity contribution in [1.82, 2.24) is 0 Å². The van der Waals surface area contributed by atoms with Gasteiger partial charge < -0.3 is 0 Å². The maximum Gasteiger partial charge on any atom is 0.150 e. The highest BCUT2D eigenvalue weighted by atomic mass is 127. The summed E-state index contributed by atoms with van der Waals surface area (Å²) in [4.78, 5) is 10.6. The van der Waals surface area contributed by atoms with Crippen LogP contribution in [-0.4, -0.2) is 6.29 Å². The fourth-order valence-corrected chi connectivity index (χ4v) is 4.40. The first-order valence-electron chi connectivity index (χ1n) is 3.54. The van der Waals surface area contributed by atoms with Crippen LogP contribution in [-0.2, 0) is 0 Å². The van der Waals surface area contributed by atoms with E-state index in [1.54, 1.807) is 11.3 Å². The third kappa shape index (κ3) is 1.67. The number of carbonyl (C=O) groups is 1. The van der Waals surface area contributed by atoms with Crippen LogP contribution in [0.2, 0.25) is 0 Å². The largest absolute Gasteiger partial charge is 0.298 e. The third-order valence-electron chi connectivity index (χ3n) is 1.74. The number of thiophene rings is 1. The summed E-state index contributed by atoms with van der Waals surface area (Å²) >= 11 is 7.42. The molecule has 0 atom stereocenters. The van der Waals surface area contributed by atoms with E-state index in [0.717, 1.165) is 21.0 Å². The minimum absolute atomic E-state index is 0.720. The Bertz CT molecular complexity index is 478. The van der Waals surface area contributed by atoms with Crippen molar-refractivity contribution >= 4 is 66.2 Å². The lowest BCUT2D eigenvalue weighted by molar-refractivity contribution is 0.112. The molecule has 13 heavy (non-hydrogen) atoms. The second-order valence-electron chi connectivity index (χ2n) is 2.58. The molecule has 1 aromatic carbocycles. The van der Waals surface area contributed by atoms with Gasteiger partial charge in [0.15, 0.2) is 0 Å². The lowest BCUT2D eigenvalue weighted by Crippen LogP contribution is -1.79. The second-order valence-corrected chi connectivity index (χ2v) is 5.51. The molecule has 0 aliphatic heterocycles. The molecule has 1 nitrogen and oxygen atoms in total. The standard InChI is InChI=1S/C9H4BrIOS/c10-6-1-5(3-12)2-8-9(6)7(11)4-13-8/h1-4H. The number of benzene rings is 1. The van der Waals surface area contributed by atoms with Gasteiger partial charge in [0.05, 0.1) is 0 Å². The zero-order chi connectivity index (χ0) is 9.42. The Kier molecular flexibility index (Phi) is 2.71. The smallest absolute Gasteiger partial charge is 0.150 e. The number of hydrogen-bond acceptors (Lipinski definition) is 2. The fourth-order valence-electron chi connectivity index (χ4n) is 1.17. The summed E-state index contributed by atoms with van der Waals surface area (Å²) in [6.07, 6.45) is 0.872. The van der Waals surface area contributed by atoms with Crippen molar-refractivity contribution in [3.05, 3.63) is 31.1 Å². The number of rotatable bonds is 1. The quantitative estimate of drug-likeness (QED) is 0.549. The Labute approximate surface area is 101 Å². The van der Waals surface area contributed by atoms with Gasteiger partial charge in [-0.2, -0.15) is 0 Å². The molecule has 0 unspecified atom stereocenters. The molecule has 0 fully saturated rings. The first-order valence-corrected chi connectivity index (χ1v) is 6.29. The maximum absolute atomic E-state index is 10.6. The van der Waals surface area contributed by atoms with Gasteiger partial charge in [0.25, 0.3) is 0 Å². The van der Waals surface area contributed by atoms with Gasteiger partial charge in [-0.15, -0.1) is 11.3 Å². The average molecular weight is 367 g/mol. The Morgan fingerprint density at radius 1 is 1.46 bits per heavy atom. The zero-order valence-corrected chi connectivity index (χ0v) is 10.9. The van der Waals surface area contributed by atoms with Crippen LogP contribution in [0.15, 0.2) is 22.0 Å². The zero-order valence-electron chi connectivity index (χ0n) is 6.38. The number of carbonyl (C=O) groups excluding carboxylic acids is 1. The van der Waals surface area contributed by atoms with E-state index in [1.165, 1.54) is 8.96 Å². The van der Waals surface area contributed by atoms with E-state index in [0.29, 0.717) is 0 Å². The molecule has 66 valence electrons. The summed E-state index contributed by atoms with van der Waals surface area (Å²) in [6.45, 7) is 0. The van der Waals surface area contributed by atoms with Gasteiger partial charge >= 0.3 is 0 Å². The van der Waals surface area contributed by atoms with Crippen LogP contribution in [0.1, 0.15) is 10.4 Å². The lowest BCUT2D eigenvalue weighted by Gasteiger charge is -1.96. The highest BCUT2D eigenvalue weighted by molar-refractivity contribution is 14.1. The van der Waals surface area contributed by atoms with Crippen LogP contribution in [0, 0.1) is 3.57 Å². The molecular formula is C9H4BrIOS. The topological polar surface area (TPSA) is 17.1 Å². The van der Waals surface area contributed by atoms with E-state index < -0.39 is 0 Å². The number of halogens is 2. The van der Waals surface area contributed by atoms with E-state index in [4.69, 9.17) is 0 Å². The van der Waals surface area contributed by atoms with Gasteiger partial charge in [-0.1, -0.05) is 15.9 Å². The minimum atomic E-state index is 0.720. The molecule has 0 spiro atoms. The maximum atomic E-state index is 10.6. The van der Waals surface area contributed by atoms with E-state index in [1.807, 2.05) is 12.1 Å². The van der Waals surface area contributed by atoms with Gasteiger partial charge in [0.2, 0.25) is 0 Å². The molecule has 4 heteroatoms. The summed E-state index contributed by atoms with van der Waals surface area (Å²) in [5, 5.41) is 3.29. The van der Waals surface area contributed by atoms with E-state index in [9.17, 15) is 4.79 Å². The number of aldehydes is 1. The first kappa shape index (κ1) is 9.61. The van der Waals surface area contributed by atoms with Crippen LogP contribution in [0.3, 0.4) is 0 Å². The van der Waals surface area contributed by atoms with Gasteiger partial charge in [0, 0.05) is 29.1 Å². The molecule has 0 aliphatic carbocycles. The summed E-state index contributed by atoms with van der Waals surface area (Å²) in [6, 6.07) is 3.77. The molecule has 1 heterocycles. The third-order valence-corrected chi connectivity index (χ3v) is 4.57. The Morgan fingerprint density at radius 3 is 2.92 bits per heavy atom. The summed E-state index contributed by atoms with van der Waals surface area (Å²) < 4.78 is 3.38. The van der Waals surface area contributed by atoms with Crippen LogP contribution in [0.4, 0.5) is 0 Å². The van der Waals surface area contributed by atoms with E-state index >= 15 is 0 Å². The number of hydrogen-bond donors (Lipinski definition) is 0. The SMILES string of the molecule is O=Cc1cc(Br)c2c(I)csc2c1. The van der Waals surface area contributed by atoms with Crippen molar-refractivity contribution in [3.8, 4) is 0 Å². The van der Waals surface area contributed by atoms with Crippen molar-refractivity contribution in [2.45, 2.75) is 0 Å². The molecular weight excluding hydrogens is 363 g/mol. The Morgan fingerprint density at radius 2 is 2.23 bits per heavy atom. The molecule has 2 aromatic rings. The Balaban J connectivity index is 2.86. The van der Waals surface area contributed by atoms with Crippen molar-refractivity contribution in [2.24, 2.45) is 0 Å². The monoisotopic (exact) mass is 366 g/mol. The molecule has 0 saturated carbocycles. The van der Waals surface area contributed by atoms with Gasteiger partial charge in [-0.25, -0.2) is 0 Å². The van der Waals surface area contributed by atoms with Crippen LogP contribution >= 0.6 is 49.9 Å². The molecule has 2 rings (SSSR count). The molecule has 0 N–H and O–H groups in total. The molecule has 0 saturated heterocycles. The minimum Gasteiger partial charge on any atom is -0.298 e. The van der Waals surface area contributed by atoms with Crippen molar-refractivity contribution in [2.75, 3.05) is 0 Å². The first-order chi connectivity index (χ1) is 6.22. The van der Waals surface area contributed by atoms with Crippen molar-refractivity contribution in [3.63, 3.8) is 0 Å². The number of fused-ring (bicyclic) bond motifs is 1. The summed E-state index contributed by atoms with van der Waals surface area (Å²) in [7, 11) is 0. The van der Waals surface area contributed by atoms with Gasteiger partial charge in [-0.05, 0) is 34.7 Å².